The van der Waals surface area contributed by atoms with Crippen molar-refractivity contribution in [1.82, 2.24) is 5.32 Å². The number of nitrogens with two attached hydrogens (primary N) is 1. The van der Waals surface area contributed by atoms with E-state index in [0.29, 0.717) is 0 Å². The van der Waals surface area contributed by atoms with Crippen LogP contribution in [0.5, 0.6) is 0 Å². The maximum atomic E-state index is 11.7. The second kappa shape index (κ2) is 7.28. The molecule has 2 amide bonds. The van der Waals surface area contributed by atoms with E-state index in [1.807, 2.05) is 44.4 Å². The first kappa shape index (κ1) is 14.9. The monoisotopic (exact) mass is 267 g/mol. The first-order valence-corrected chi connectivity index (χ1v) is 7.34. The Balaban J connectivity index is 2.49. The number of amides is 2. The summed E-state index contributed by atoms with van der Waals surface area (Å²) >= 11 is 1.71. The summed E-state index contributed by atoms with van der Waals surface area (Å²) in [4.78, 5) is 11.7. The minimum absolute atomic E-state index is 0.00878. The molecule has 0 saturated heterocycles. The minimum Gasteiger partial charge on any atom is -0.335 e. The molecule has 18 heavy (non-hydrogen) atoms. The highest BCUT2D eigenvalue weighted by atomic mass is 32.2. The normalized spacial score (nSPS) is 13.8. The Morgan fingerprint density at radius 3 is 2.44 bits per heavy atom. The molecule has 0 heterocycles. The summed E-state index contributed by atoms with van der Waals surface area (Å²) in [5.74, 6) is 0.900. The molecule has 1 aromatic carbocycles. The summed E-state index contributed by atoms with van der Waals surface area (Å²) in [6, 6.07) is 7.55. The van der Waals surface area contributed by atoms with Gasteiger partial charge in [-0.2, -0.15) is 11.8 Å². The zero-order chi connectivity index (χ0) is 13.5. The third-order valence-corrected chi connectivity index (χ3v) is 3.32. The van der Waals surface area contributed by atoms with Crippen molar-refractivity contribution in [2.45, 2.75) is 25.9 Å². The molecular weight excluding hydrogens is 246 g/mol. The Labute approximate surface area is 113 Å². The van der Waals surface area contributed by atoms with Crippen molar-refractivity contribution in [2.24, 2.45) is 5.73 Å². The first-order chi connectivity index (χ1) is 8.52. The van der Waals surface area contributed by atoms with E-state index in [1.165, 1.54) is 0 Å². The van der Waals surface area contributed by atoms with Gasteiger partial charge in [0.2, 0.25) is 0 Å². The summed E-state index contributed by atoms with van der Waals surface area (Å²) in [6.07, 6.45) is 2.02. The highest BCUT2D eigenvalue weighted by molar-refractivity contribution is 7.98. The van der Waals surface area contributed by atoms with Gasteiger partial charge in [0, 0.05) is 23.5 Å². The number of hydrogen-bond donors (Lipinski definition) is 3. The van der Waals surface area contributed by atoms with Crippen LogP contribution in [0.1, 0.15) is 25.5 Å². The lowest BCUT2D eigenvalue weighted by Crippen LogP contribution is -2.37. The fourth-order valence-electron chi connectivity index (χ4n) is 1.55. The molecule has 0 bridgehead atoms. The largest absolute Gasteiger partial charge is 0.335 e. The predicted molar refractivity (Wildman–Crippen MR) is 79.0 cm³/mol. The van der Waals surface area contributed by atoms with E-state index in [2.05, 4.69) is 10.6 Å². The first-order valence-electron chi connectivity index (χ1n) is 5.95. The number of rotatable bonds is 5. The van der Waals surface area contributed by atoms with E-state index in [9.17, 15) is 4.79 Å². The lowest BCUT2D eigenvalue weighted by molar-refractivity contribution is 0.250. The topological polar surface area (TPSA) is 67.2 Å². The fourth-order valence-corrected chi connectivity index (χ4v) is 2.14. The second-order valence-electron chi connectivity index (χ2n) is 4.37. The molecule has 0 radical (unpaired) electrons. The van der Waals surface area contributed by atoms with Gasteiger partial charge in [-0.3, -0.25) is 0 Å². The van der Waals surface area contributed by atoms with Crippen LogP contribution in [0.15, 0.2) is 24.3 Å². The lowest BCUT2D eigenvalue weighted by Gasteiger charge is -2.14. The van der Waals surface area contributed by atoms with Gasteiger partial charge < -0.3 is 16.4 Å². The molecule has 0 aliphatic carbocycles. The molecule has 5 heteroatoms. The van der Waals surface area contributed by atoms with Gasteiger partial charge in [0.05, 0.1) is 0 Å². The van der Waals surface area contributed by atoms with Crippen molar-refractivity contribution < 1.29 is 4.79 Å². The molecular formula is C13H21N3OS. The molecule has 1 aromatic rings. The summed E-state index contributed by atoms with van der Waals surface area (Å²) in [6.45, 7) is 3.91. The molecule has 0 fully saturated rings. The summed E-state index contributed by atoms with van der Waals surface area (Å²) < 4.78 is 0. The van der Waals surface area contributed by atoms with E-state index in [1.54, 1.807) is 11.8 Å². The van der Waals surface area contributed by atoms with Crippen LogP contribution in [-0.2, 0) is 0 Å². The van der Waals surface area contributed by atoms with Crippen LogP contribution in [0.3, 0.4) is 0 Å². The van der Waals surface area contributed by atoms with Gasteiger partial charge in [-0.25, -0.2) is 4.79 Å². The summed E-state index contributed by atoms with van der Waals surface area (Å²) in [5, 5.41) is 5.67. The van der Waals surface area contributed by atoms with Crippen LogP contribution in [-0.4, -0.2) is 24.1 Å². The number of carbonyl (C=O) groups excluding carboxylic acids is 1. The van der Waals surface area contributed by atoms with Crippen LogP contribution in [0.2, 0.25) is 0 Å². The molecule has 2 atom stereocenters. The van der Waals surface area contributed by atoms with Crippen molar-refractivity contribution in [2.75, 3.05) is 17.3 Å². The minimum atomic E-state index is -0.176. The Hall–Kier alpha value is -1.20. The molecule has 0 aliphatic heterocycles. The number of nitrogens with one attached hydrogen (secondary N) is 2. The van der Waals surface area contributed by atoms with Gasteiger partial charge in [-0.15, -0.1) is 0 Å². The molecule has 2 unspecified atom stereocenters. The molecule has 0 aromatic heterocycles. The number of anilines is 1. The van der Waals surface area contributed by atoms with Gasteiger partial charge in [0.15, 0.2) is 0 Å². The van der Waals surface area contributed by atoms with Crippen LogP contribution in [0.25, 0.3) is 0 Å². The summed E-state index contributed by atoms with van der Waals surface area (Å²) in [7, 11) is 0. The third-order valence-electron chi connectivity index (χ3n) is 2.49. The van der Waals surface area contributed by atoms with E-state index in [4.69, 9.17) is 5.73 Å². The number of benzene rings is 1. The summed E-state index contributed by atoms with van der Waals surface area (Å²) in [5.41, 5.74) is 7.59. The van der Waals surface area contributed by atoms with E-state index >= 15 is 0 Å². The Kier molecular flexibility index (Phi) is 6.01. The SMILES string of the molecule is CSCC(C)NC(=O)Nc1ccc(C(C)N)cc1. The predicted octanol–water partition coefficient (Wildman–Crippen LogP) is 2.58. The zero-order valence-corrected chi connectivity index (χ0v) is 11.9. The average Bonchev–Trinajstić information content (AvgIpc) is 2.29. The molecule has 0 saturated carbocycles. The smallest absolute Gasteiger partial charge is 0.319 e. The lowest BCUT2D eigenvalue weighted by atomic mass is 10.1. The van der Waals surface area contributed by atoms with Gasteiger partial charge >= 0.3 is 6.03 Å². The number of carbonyl (C=O) groups is 1. The highest BCUT2D eigenvalue weighted by Crippen LogP contribution is 2.14. The van der Waals surface area contributed by atoms with Crippen LogP contribution in [0.4, 0.5) is 10.5 Å². The maximum absolute atomic E-state index is 11.7. The maximum Gasteiger partial charge on any atom is 0.319 e. The van der Waals surface area contributed by atoms with Crippen molar-refractivity contribution in [3.8, 4) is 0 Å². The molecule has 4 nitrogen and oxygen atoms in total. The molecule has 1 rings (SSSR count). The van der Waals surface area contributed by atoms with Gasteiger partial charge in [-0.05, 0) is 37.8 Å². The van der Waals surface area contributed by atoms with Gasteiger partial charge in [-0.1, -0.05) is 12.1 Å². The number of urea groups is 1. The van der Waals surface area contributed by atoms with Crippen LogP contribution in [0, 0.1) is 0 Å². The van der Waals surface area contributed by atoms with E-state index in [0.717, 1.165) is 17.0 Å². The Morgan fingerprint density at radius 2 is 1.94 bits per heavy atom. The van der Waals surface area contributed by atoms with Crippen molar-refractivity contribution in [3.05, 3.63) is 29.8 Å². The van der Waals surface area contributed by atoms with Crippen molar-refractivity contribution in [1.29, 1.82) is 0 Å². The zero-order valence-electron chi connectivity index (χ0n) is 11.1. The third kappa shape index (κ3) is 4.98. The Bertz CT molecular complexity index is 378. The fraction of sp³-hybridized carbons (Fsp3) is 0.462. The van der Waals surface area contributed by atoms with E-state index in [-0.39, 0.29) is 18.1 Å². The van der Waals surface area contributed by atoms with Crippen molar-refractivity contribution in [3.63, 3.8) is 0 Å². The molecule has 0 aliphatic rings. The molecule has 4 N–H and O–H groups in total. The van der Waals surface area contributed by atoms with E-state index < -0.39 is 0 Å². The quantitative estimate of drug-likeness (QED) is 0.768. The number of hydrogen-bond acceptors (Lipinski definition) is 3. The van der Waals surface area contributed by atoms with Gasteiger partial charge in [0.1, 0.15) is 0 Å². The average molecular weight is 267 g/mol. The van der Waals surface area contributed by atoms with Gasteiger partial charge in [0.25, 0.3) is 0 Å². The van der Waals surface area contributed by atoms with Crippen LogP contribution >= 0.6 is 11.8 Å². The molecule has 0 spiro atoms. The van der Waals surface area contributed by atoms with Crippen molar-refractivity contribution >= 4 is 23.5 Å². The second-order valence-corrected chi connectivity index (χ2v) is 5.28. The standard InChI is InChI=1S/C13H21N3OS/c1-9(8-18-3)15-13(17)16-12-6-4-11(5-7-12)10(2)14/h4-7,9-10H,8,14H2,1-3H3,(H2,15,16,17). The molecule has 100 valence electrons. The number of thioether (sulfide) groups is 1. The highest BCUT2D eigenvalue weighted by Gasteiger charge is 2.06. The van der Waals surface area contributed by atoms with Crippen LogP contribution < -0.4 is 16.4 Å². The Morgan fingerprint density at radius 1 is 1.33 bits per heavy atom.